The molecule has 0 saturated carbocycles. The van der Waals surface area contributed by atoms with Crippen LogP contribution in [-0.4, -0.2) is 75.8 Å². The second kappa shape index (κ2) is 11.2. The van der Waals surface area contributed by atoms with Gasteiger partial charge in [0.05, 0.1) is 17.4 Å². The van der Waals surface area contributed by atoms with Crippen LogP contribution in [0.15, 0.2) is 36.4 Å². The Labute approximate surface area is 187 Å². The van der Waals surface area contributed by atoms with Gasteiger partial charge >= 0.3 is 6.09 Å². The molecule has 164 valence electrons. The molecule has 0 radical (unpaired) electrons. The fourth-order valence-electron chi connectivity index (χ4n) is 3.17. The van der Waals surface area contributed by atoms with Crippen molar-refractivity contribution in [3.05, 3.63) is 42.1 Å². The summed E-state index contributed by atoms with van der Waals surface area (Å²) < 4.78 is 7.22. The summed E-state index contributed by atoms with van der Waals surface area (Å²) in [4.78, 5) is 28.4. The van der Waals surface area contributed by atoms with Crippen molar-refractivity contribution in [2.24, 2.45) is 5.73 Å². The number of thioether (sulfide) groups is 1. The van der Waals surface area contributed by atoms with Crippen LogP contribution in [0.2, 0.25) is 0 Å². The Bertz CT molecular complexity index is 840. The Balaban J connectivity index is 0.00000320. The van der Waals surface area contributed by atoms with Crippen molar-refractivity contribution in [1.29, 1.82) is 0 Å². The van der Waals surface area contributed by atoms with Gasteiger partial charge in [-0.05, 0) is 37.5 Å². The number of aryl methyl sites for hydroxylation is 1. The minimum Gasteiger partial charge on any atom is -0.391 e. The van der Waals surface area contributed by atoms with E-state index in [2.05, 4.69) is 5.10 Å². The van der Waals surface area contributed by atoms with E-state index in [1.165, 1.54) is 0 Å². The molecule has 2 aromatic rings. The lowest BCUT2D eigenvalue weighted by Crippen LogP contribution is -2.54. The van der Waals surface area contributed by atoms with E-state index in [0.29, 0.717) is 38.5 Å². The topological polar surface area (TPSA) is 93.7 Å². The van der Waals surface area contributed by atoms with Gasteiger partial charge in [0.25, 0.3) is 0 Å². The number of aromatic nitrogens is 2. The summed E-state index contributed by atoms with van der Waals surface area (Å²) in [5, 5.41) is 4.41. The number of carbonyl (C=O) groups is 2. The molecule has 0 unspecified atom stereocenters. The fourth-order valence-corrected chi connectivity index (χ4v) is 3.66. The molecular weight excluding hydrogens is 426 g/mol. The van der Waals surface area contributed by atoms with E-state index in [0.717, 1.165) is 17.1 Å². The number of piperazine rings is 1. The minimum absolute atomic E-state index is 0. The molecule has 1 saturated heterocycles. The first-order chi connectivity index (χ1) is 14.0. The molecule has 1 aromatic carbocycles. The Hall–Kier alpha value is -2.23. The Morgan fingerprint density at radius 1 is 1.17 bits per heavy atom. The van der Waals surface area contributed by atoms with Crippen molar-refractivity contribution >= 4 is 36.2 Å². The molecule has 2 amide bonds. The van der Waals surface area contributed by atoms with Gasteiger partial charge in [0.2, 0.25) is 11.8 Å². The number of nitrogens with zero attached hydrogens (tertiary/aromatic N) is 4. The van der Waals surface area contributed by atoms with E-state index in [1.54, 1.807) is 32.3 Å². The van der Waals surface area contributed by atoms with Crippen molar-refractivity contribution in [3.8, 4) is 11.6 Å². The van der Waals surface area contributed by atoms with E-state index in [4.69, 9.17) is 10.5 Å². The molecule has 2 N–H and O–H groups in total. The van der Waals surface area contributed by atoms with Crippen LogP contribution in [0.5, 0.6) is 5.88 Å². The number of carbonyl (C=O) groups excluding carboxylic acids is 2. The summed E-state index contributed by atoms with van der Waals surface area (Å²) in [5.41, 5.74) is 7.56. The number of amides is 2. The number of hydrogen-bond acceptors (Lipinski definition) is 6. The number of rotatable bonds is 6. The van der Waals surface area contributed by atoms with Crippen LogP contribution in [0, 0.1) is 6.92 Å². The quantitative estimate of drug-likeness (QED) is 0.721. The SMILES string of the molecule is CSCC[C@H](N)C(=O)N1CCN(C(=O)Oc2cc(C)nn2-c2ccccc2)CC1.Cl. The predicted molar refractivity (Wildman–Crippen MR) is 121 cm³/mol. The van der Waals surface area contributed by atoms with Gasteiger partial charge in [-0.3, -0.25) is 4.79 Å². The third kappa shape index (κ3) is 5.90. The molecule has 8 nitrogen and oxygen atoms in total. The van der Waals surface area contributed by atoms with Gasteiger partial charge in [-0.2, -0.15) is 16.9 Å². The van der Waals surface area contributed by atoms with E-state index in [1.807, 2.05) is 43.5 Å². The first-order valence-corrected chi connectivity index (χ1v) is 11.0. The van der Waals surface area contributed by atoms with Crippen LogP contribution >= 0.6 is 24.2 Å². The van der Waals surface area contributed by atoms with Crippen molar-refractivity contribution in [2.45, 2.75) is 19.4 Å². The van der Waals surface area contributed by atoms with Gasteiger partial charge in [-0.15, -0.1) is 12.4 Å². The zero-order valence-electron chi connectivity index (χ0n) is 17.2. The standard InChI is InChI=1S/C20H27N5O3S.ClH/c1-15-14-18(25(22-15)16-6-4-3-5-7-16)28-20(27)24-11-9-23(10-12-24)19(26)17(21)8-13-29-2;/h3-7,14,17H,8-13,21H2,1-2H3;1H/t17-;/m0./s1. The van der Waals surface area contributed by atoms with Crippen molar-refractivity contribution < 1.29 is 14.3 Å². The molecule has 1 aliphatic heterocycles. The van der Waals surface area contributed by atoms with Gasteiger partial charge in [-0.1, -0.05) is 18.2 Å². The maximum absolute atomic E-state index is 12.6. The van der Waals surface area contributed by atoms with Crippen LogP contribution < -0.4 is 10.5 Å². The maximum atomic E-state index is 12.6. The molecule has 1 aliphatic rings. The number of ether oxygens (including phenoxy) is 1. The first kappa shape index (κ1) is 24.0. The third-order valence-electron chi connectivity index (χ3n) is 4.79. The summed E-state index contributed by atoms with van der Waals surface area (Å²) in [6.45, 7) is 3.59. The third-order valence-corrected chi connectivity index (χ3v) is 5.44. The molecule has 2 heterocycles. The number of hydrogen-bond donors (Lipinski definition) is 1. The largest absolute Gasteiger partial charge is 0.416 e. The van der Waals surface area contributed by atoms with E-state index < -0.39 is 12.1 Å². The lowest BCUT2D eigenvalue weighted by atomic mass is 10.2. The van der Waals surface area contributed by atoms with Gasteiger partial charge in [0.15, 0.2) is 0 Å². The number of benzene rings is 1. The number of halogens is 1. The highest BCUT2D eigenvalue weighted by Gasteiger charge is 2.28. The van der Waals surface area contributed by atoms with E-state index >= 15 is 0 Å². The van der Waals surface area contributed by atoms with Crippen molar-refractivity contribution in [1.82, 2.24) is 19.6 Å². The Morgan fingerprint density at radius 2 is 1.80 bits per heavy atom. The van der Waals surface area contributed by atoms with E-state index in [-0.39, 0.29) is 18.3 Å². The maximum Gasteiger partial charge on any atom is 0.416 e. The lowest BCUT2D eigenvalue weighted by Gasteiger charge is -2.35. The predicted octanol–water partition coefficient (Wildman–Crippen LogP) is 2.33. The van der Waals surface area contributed by atoms with Crippen LogP contribution in [0.25, 0.3) is 5.69 Å². The Morgan fingerprint density at radius 3 is 2.43 bits per heavy atom. The highest BCUT2D eigenvalue weighted by Crippen LogP contribution is 2.20. The summed E-state index contributed by atoms with van der Waals surface area (Å²) in [5.74, 6) is 1.18. The van der Waals surface area contributed by atoms with Crippen LogP contribution in [0.1, 0.15) is 12.1 Å². The molecular formula is C20H28ClN5O3S. The monoisotopic (exact) mass is 453 g/mol. The summed E-state index contributed by atoms with van der Waals surface area (Å²) in [7, 11) is 0. The first-order valence-electron chi connectivity index (χ1n) is 9.61. The van der Waals surface area contributed by atoms with Gasteiger partial charge in [0, 0.05) is 32.2 Å². The summed E-state index contributed by atoms with van der Waals surface area (Å²) >= 11 is 1.67. The summed E-state index contributed by atoms with van der Waals surface area (Å²) in [6, 6.07) is 10.8. The highest BCUT2D eigenvalue weighted by atomic mass is 35.5. The molecule has 3 rings (SSSR count). The van der Waals surface area contributed by atoms with Crippen LogP contribution in [-0.2, 0) is 4.79 Å². The van der Waals surface area contributed by atoms with Gasteiger partial charge < -0.3 is 20.3 Å². The van der Waals surface area contributed by atoms with Crippen molar-refractivity contribution in [2.75, 3.05) is 38.2 Å². The smallest absolute Gasteiger partial charge is 0.391 e. The molecule has 1 aromatic heterocycles. The lowest BCUT2D eigenvalue weighted by molar-refractivity contribution is -0.134. The van der Waals surface area contributed by atoms with Crippen molar-refractivity contribution in [3.63, 3.8) is 0 Å². The number of para-hydroxylation sites is 1. The molecule has 0 bridgehead atoms. The zero-order valence-corrected chi connectivity index (χ0v) is 18.8. The molecule has 1 fully saturated rings. The molecule has 0 spiro atoms. The fraction of sp³-hybridized carbons (Fsp3) is 0.450. The average molecular weight is 454 g/mol. The minimum atomic E-state index is -0.482. The van der Waals surface area contributed by atoms with Gasteiger partial charge in [-0.25, -0.2) is 9.48 Å². The molecule has 30 heavy (non-hydrogen) atoms. The zero-order chi connectivity index (χ0) is 20.8. The van der Waals surface area contributed by atoms with E-state index in [9.17, 15) is 9.59 Å². The van der Waals surface area contributed by atoms with Crippen LogP contribution in [0.4, 0.5) is 4.79 Å². The second-order valence-corrected chi connectivity index (χ2v) is 7.93. The average Bonchev–Trinajstić information content (AvgIpc) is 3.12. The second-order valence-electron chi connectivity index (χ2n) is 6.94. The highest BCUT2D eigenvalue weighted by molar-refractivity contribution is 7.98. The molecule has 10 heteroatoms. The Kier molecular flexibility index (Phi) is 9.01. The normalized spacial score (nSPS) is 14.8. The summed E-state index contributed by atoms with van der Waals surface area (Å²) in [6.07, 6.45) is 2.21. The number of nitrogens with two attached hydrogens (primary N) is 1. The molecule has 1 atom stereocenters. The van der Waals surface area contributed by atoms with Crippen LogP contribution in [0.3, 0.4) is 0 Å². The molecule has 0 aliphatic carbocycles. The van der Waals surface area contributed by atoms with Gasteiger partial charge in [0.1, 0.15) is 0 Å².